The van der Waals surface area contributed by atoms with E-state index in [2.05, 4.69) is 5.16 Å². The summed E-state index contributed by atoms with van der Waals surface area (Å²) in [5.74, 6) is 1.07. The Morgan fingerprint density at radius 1 is 1.17 bits per heavy atom. The molecule has 1 amide bonds. The minimum atomic E-state index is -3.62. The first-order valence-electron chi connectivity index (χ1n) is 9.74. The zero-order valence-corrected chi connectivity index (χ0v) is 18.0. The molecule has 1 fully saturated rings. The molecule has 1 saturated heterocycles. The van der Waals surface area contributed by atoms with Crippen molar-refractivity contribution in [3.8, 4) is 5.75 Å². The van der Waals surface area contributed by atoms with Crippen LogP contribution in [0.4, 0.5) is 0 Å². The second-order valence-electron chi connectivity index (χ2n) is 7.26. The monoisotopic (exact) mass is 421 g/mol. The summed E-state index contributed by atoms with van der Waals surface area (Å²) in [5, 5.41) is 3.93. The van der Waals surface area contributed by atoms with E-state index in [1.807, 2.05) is 20.8 Å². The molecule has 1 aromatic heterocycles. The van der Waals surface area contributed by atoms with Crippen molar-refractivity contribution in [2.24, 2.45) is 0 Å². The number of nitrogens with zero attached hydrogens (tertiary/aromatic N) is 3. The maximum Gasteiger partial charge on any atom is 0.259 e. The third kappa shape index (κ3) is 4.30. The number of carbonyl (C=O) groups excluding carboxylic acids is 1. The number of carbonyl (C=O) groups is 1. The molecule has 2 aromatic rings. The average Bonchev–Trinajstić information content (AvgIpc) is 3.10. The highest BCUT2D eigenvalue weighted by Crippen LogP contribution is 2.25. The maximum atomic E-state index is 13.0. The van der Waals surface area contributed by atoms with Crippen molar-refractivity contribution in [2.75, 3.05) is 32.8 Å². The summed E-state index contributed by atoms with van der Waals surface area (Å²) < 4.78 is 37.9. The van der Waals surface area contributed by atoms with Crippen LogP contribution in [0.25, 0.3) is 0 Å². The van der Waals surface area contributed by atoms with Crippen LogP contribution >= 0.6 is 0 Å². The lowest BCUT2D eigenvalue weighted by Gasteiger charge is -2.34. The number of aromatic nitrogens is 1. The smallest absolute Gasteiger partial charge is 0.259 e. The van der Waals surface area contributed by atoms with Crippen LogP contribution in [0.1, 0.15) is 48.5 Å². The van der Waals surface area contributed by atoms with Gasteiger partial charge in [-0.25, -0.2) is 8.42 Å². The lowest BCUT2D eigenvalue weighted by atomic mass is 10.0. The molecule has 29 heavy (non-hydrogen) atoms. The van der Waals surface area contributed by atoms with Crippen LogP contribution in [0.2, 0.25) is 0 Å². The summed E-state index contributed by atoms with van der Waals surface area (Å²) >= 11 is 0. The van der Waals surface area contributed by atoms with Crippen LogP contribution in [-0.4, -0.2) is 61.5 Å². The minimum Gasteiger partial charge on any atom is -0.494 e. The van der Waals surface area contributed by atoms with Gasteiger partial charge in [0.15, 0.2) is 5.76 Å². The first kappa shape index (κ1) is 21.3. The zero-order valence-electron chi connectivity index (χ0n) is 17.2. The van der Waals surface area contributed by atoms with E-state index in [-0.39, 0.29) is 29.8 Å². The quantitative estimate of drug-likeness (QED) is 0.712. The Balaban J connectivity index is 1.70. The van der Waals surface area contributed by atoms with E-state index in [9.17, 15) is 13.2 Å². The van der Waals surface area contributed by atoms with Gasteiger partial charge in [0.1, 0.15) is 11.3 Å². The summed E-state index contributed by atoms with van der Waals surface area (Å²) in [6, 6.07) is 6.40. The molecule has 1 aliphatic heterocycles. The topological polar surface area (TPSA) is 93.0 Å². The lowest BCUT2D eigenvalue weighted by molar-refractivity contribution is 0.0694. The summed E-state index contributed by atoms with van der Waals surface area (Å²) in [7, 11) is -3.62. The fraction of sp³-hybridized carbons (Fsp3) is 0.500. The standard InChI is InChI=1S/C20H27N3O5S/c1-5-27-16-6-8-17(9-7-16)29(25,26)23-12-10-22(11-13-23)20(24)18-15(4)21-28-19(18)14(2)3/h6-9,14H,5,10-13H2,1-4H3. The lowest BCUT2D eigenvalue weighted by Crippen LogP contribution is -2.50. The zero-order chi connectivity index (χ0) is 21.2. The Morgan fingerprint density at radius 3 is 2.34 bits per heavy atom. The number of benzene rings is 1. The van der Waals surface area contributed by atoms with Gasteiger partial charge in [0.2, 0.25) is 10.0 Å². The van der Waals surface area contributed by atoms with Gasteiger partial charge in [-0.2, -0.15) is 4.31 Å². The van der Waals surface area contributed by atoms with E-state index in [0.717, 1.165) is 0 Å². The number of rotatable bonds is 6. The predicted molar refractivity (Wildman–Crippen MR) is 108 cm³/mol. The van der Waals surface area contributed by atoms with Gasteiger partial charge in [-0.05, 0) is 38.1 Å². The third-order valence-electron chi connectivity index (χ3n) is 4.93. The molecule has 0 saturated carbocycles. The van der Waals surface area contributed by atoms with E-state index in [4.69, 9.17) is 9.26 Å². The van der Waals surface area contributed by atoms with E-state index < -0.39 is 10.0 Å². The Morgan fingerprint density at radius 2 is 1.79 bits per heavy atom. The van der Waals surface area contributed by atoms with Crippen molar-refractivity contribution in [1.29, 1.82) is 0 Å². The second kappa shape index (κ2) is 8.54. The van der Waals surface area contributed by atoms with Crippen LogP contribution < -0.4 is 4.74 Å². The molecular weight excluding hydrogens is 394 g/mol. The first-order valence-corrected chi connectivity index (χ1v) is 11.2. The highest BCUT2D eigenvalue weighted by atomic mass is 32.2. The Labute approximate surface area is 171 Å². The maximum absolute atomic E-state index is 13.0. The highest BCUT2D eigenvalue weighted by Gasteiger charge is 2.33. The van der Waals surface area contributed by atoms with E-state index in [0.29, 0.717) is 42.5 Å². The van der Waals surface area contributed by atoms with Crippen molar-refractivity contribution < 1.29 is 22.5 Å². The van der Waals surface area contributed by atoms with E-state index in [1.54, 1.807) is 36.1 Å². The molecule has 0 N–H and O–H groups in total. The van der Waals surface area contributed by atoms with Gasteiger partial charge in [-0.15, -0.1) is 0 Å². The SMILES string of the molecule is CCOc1ccc(S(=O)(=O)N2CCN(C(=O)c3c(C)noc3C(C)C)CC2)cc1. The highest BCUT2D eigenvalue weighted by molar-refractivity contribution is 7.89. The number of piperazine rings is 1. The fourth-order valence-corrected chi connectivity index (χ4v) is 4.78. The molecule has 1 aliphatic rings. The summed E-state index contributed by atoms with van der Waals surface area (Å²) in [4.78, 5) is 14.9. The summed E-state index contributed by atoms with van der Waals surface area (Å²) in [6.07, 6.45) is 0. The van der Waals surface area contributed by atoms with Crippen LogP contribution in [-0.2, 0) is 10.0 Å². The molecule has 2 heterocycles. The minimum absolute atomic E-state index is 0.0384. The molecule has 8 nitrogen and oxygen atoms in total. The van der Waals surface area contributed by atoms with Crippen molar-refractivity contribution in [1.82, 2.24) is 14.4 Å². The predicted octanol–water partition coefficient (Wildman–Crippen LogP) is 2.65. The van der Waals surface area contributed by atoms with Gasteiger partial charge >= 0.3 is 0 Å². The molecule has 0 bridgehead atoms. The first-order chi connectivity index (χ1) is 13.8. The van der Waals surface area contributed by atoms with Gasteiger partial charge in [-0.1, -0.05) is 19.0 Å². The second-order valence-corrected chi connectivity index (χ2v) is 9.20. The Hall–Kier alpha value is -2.39. The Bertz CT molecular complexity index is 959. The summed E-state index contributed by atoms with van der Waals surface area (Å²) in [5.41, 5.74) is 1.05. The van der Waals surface area contributed by atoms with Crippen LogP contribution in [0.5, 0.6) is 5.75 Å². The van der Waals surface area contributed by atoms with Crippen LogP contribution in [0.15, 0.2) is 33.7 Å². The molecule has 0 radical (unpaired) electrons. The molecule has 9 heteroatoms. The van der Waals surface area contributed by atoms with Crippen molar-refractivity contribution >= 4 is 15.9 Å². The van der Waals surface area contributed by atoms with Crippen molar-refractivity contribution in [3.63, 3.8) is 0 Å². The number of ether oxygens (including phenoxy) is 1. The molecule has 0 atom stereocenters. The number of amides is 1. The van der Waals surface area contributed by atoms with Crippen molar-refractivity contribution in [2.45, 2.75) is 38.5 Å². The molecule has 0 unspecified atom stereocenters. The molecule has 3 rings (SSSR count). The molecule has 158 valence electrons. The number of sulfonamides is 1. The van der Waals surface area contributed by atoms with Gasteiger partial charge in [-0.3, -0.25) is 4.79 Å². The van der Waals surface area contributed by atoms with Crippen LogP contribution in [0.3, 0.4) is 0 Å². The normalized spacial score (nSPS) is 15.7. The van der Waals surface area contributed by atoms with Gasteiger partial charge in [0, 0.05) is 32.1 Å². The molecule has 0 spiro atoms. The third-order valence-corrected chi connectivity index (χ3v) is 6.84. The number of aryl methyl sites for hydroxylation is 1. The largest absolute Gasteiger partial charge is 0.494 e. The Kier molecular flexibility index (Phi) is 6.28. The van der Waals surface area contributed by atoms with Gasteiger partial charge in [0.05, 0.1) is 17.2 Å². The number of hydrogen-bond acceptors (Lipinski definition) is 6. The van der Waals surface area contributed by atoms with Crippen molar-refractivity contribution in [3.05, 3.63) is 41.3 Å². The molecular formula is C20H27N3O5S. The van der Waals surface area contributed by atoms with E-state index in [1.165, 1.54) is 4.31 Å². The average molecular weight is 422 g/mol. The molecule has 1 aromatic carbocycles. The van der Waals surface area contributed by atoms with E-state index >= 15 is 0 Å². The van der Waals surface area contributed by atoms with Gasteiger partial charge in [0.25, 0.3) is 5.91 Å². The van der Waals surface area contributed by atoms with Gasteiger partial charge < -0.3 is 14.2 Å². The summed E-state index contributed by atoms with van der Waals surface area (Å²) in [6.45, 7) is 9.13. The number of hydrogen-bond donors (Lipinski definition) is 0. The fourth-order valence-electron chi connectivity index (χ4n) is 3.35. The molecule has 0 aliphatic carbocycles. The van der Waals surface area contributed by atoms with Crippen LogP contribution in [0, 0.1) is 6.92 Å².